The quantitative estimate of drug-likeness (QED) is 0.944. The van der Waals surface area contributed by atoms with Crippen molar-refractivity contribution in [3.05, 3.63) is 52.3 Å². The van der Waals surface area contributed by atoms with Crippen molar-refractivity contribution in [2.75, 3.05) is 12.4 Å². The van der Waals surface area contributed by atoms with E-state index in [0.29, 0.717) is 29.3 Å². The predicted octanol–water partition coefficient (Wildman–Crippen LogP) is 3.05. The van der Waals surface area contributed by atoms with E-state index in [4.69, 9.17) is 0 Å². The smallest absolute Gasteiger partial charge is 0.257 e. The lowest BCUT2D eigenvalue weighted by Gasteiger charge is -2.07. The van der Waals surface area contributed by atoms with E-state index >= 15 is 0 Å². The summed E-state index contributed by atoms with van der Waals surface area (Å²) in [6.07, 6.45) is 2.41. The number of benzene rings is 1. The van der Waals surface area contributed by atoms with Crippen molar-refractivity contribution in [3.8, 4) is 0 Å². The van der Waals surface area contributed by atoms with Crippen LogP contribution in [-0.2, 0) is 13.6 Å². The largest absolute Gasteiger partial charge is 0.351 e. The van der Waals surface area contributed by atoms with E-state index in [1.165, 1.54) is 18.5 Å². The van der Waals surface area contributed by atoms with Crippen molar-refractivity contribution < 1.29 is 9.59 Å². The Labute approximate surface area is 141 Å². The molecule has 4 rings (SSSR count). The Kier molecular flexibility index (Phi) is 3.27. The molecule has 0 spiro atoms. The second-order valence-electron chi connectivity index (χ2n) is 6.89. The average molecular weight is 323 g/mol. The van der Waals surface area contributed by atoms with E-state index in [1.54, 1.807) is 18.0 Å². The maximum absolute atomic E-state index is 12.7. The minimum atomic E-state index is -0.117. The summed E-state index contributed by atoms with van der Waals surface area (Å²) in [6.45, 7) is 2.60. The molecule has 1 aliphatic heterocycles. The molecule has 1 N–H and O–H groups in total. The first-order valence-electron chi connectivity index (χ1n) is 8.31. The summed E-state index contributed by atoms with van der Waals surface area (Å²) in [5, 5.41) is 2.94. The molecule has 1 aromatic carbocycles. The molecular formula is C19H21N3O2. The normalized spacial score (nSPS) is 16.5. The standard InChI is InChI=1S/C19H21N3O2/c1-11-15(9-17(22(11)3)12-4-5-12)18(23)20-14-7-6-13-10-21(2)19(24)16(13)8-14/h6-9,12H,4-5,10H2,1-3H3,(H,20,23). The predicted molar refractivity (Wildman–Crippen MR) is 92.3 cm³/mol. The van der Waals surface area contributed by atoms with Gasteiger partial charge in [-0.05, 0) is 49.4 Å². The van der Waals surface area contributed by atoms with Crippen molar-refractivity contribution >= 4 is 17.5 Å². The monoisotopic (exact) mass is 323 g/mol. The third kappa shape index (κ3) is 2.31. The highest BCUT2D eigenvalue weighted by Gasteiger charge is 2.29. The molecule has 2 heterocycles. The number of anilines is 1. The van der Waals surface area contributed by atoms with Crippen LogP contribution in [0.5, 0.6) is 0 Å². The zero-order valence-corrected chi connectivity index (χ0v) is 14.2. The van der Waals surface area contributed by atoms with Crippen molar-refractivity contribution in [1.29, 1.82) is 0 Å². The zero-order chi connectivity index (χ0) is 17.0. The van der Waals surface area contributed by atoms with Crippen molar-refractivity contribution in [1.82, 2.24) is 9.47 Å². The molecule has 0 atom stereocenters. The fraction of sp³-hybridized carbons (Fsp3) is 0.368. The van der Waals surface area contributed by atoms with Gasteiger partial charge in [-0.15, -0.1) is 0 Å². The molecule has 124 valence electrons. The first kappa shape index (κ1) is 15.0. The Morgan fingerprint density at radius 3 is 2.67 bits per heavy atom. The van der Waals surface area contributed by atoms with Gasteiger partial charge in [-0.1, -0.05) is 6.07 Å². The molecule has 5 nitrogen and oxygen atoms in total. The molecule has 1 aromatic heterocycles. The van der Waals surface area contributed by atoms with Gasteiger partial charge in [0.05, 0.1) is 5.56 Å². The van der Waals surface area contributed by atoms with E-state index in [9.17, 15) is 9.59 Å². The summed E-state index contributed by atoms with van der Waals surface area (Å²) < 4.78 is 2.12. The lowest BCUT2D eigenvalue weighted by molar-refractivity contribution is 0.0816. The number of rotatable bonds is 3. The topological polar surface area (TPSA) is 54.3 Å². The van der Waals surface area contributed by atoms with Crippen molar-refractivity contribution in [3.63, 3.8) is 0 Å². The first-order chi connectivity index (χ1) is 11.5. The Hall–Kier alpha value is -2.56. The summed E-state index contributed by atoms with van der Waals surface area (Å²) >= 11 is 0. The SMILES string of the molecule is Cc1c(C(=O)Nc2ccc3c(c2)C(=O)N(C)C3)cc(C2CC2)n1C. The van der Waals surface area contributed by atoms with Crippen LogP contribution in [0.3, 0.4) is 0 Å². The highest BCUT2D eigenvalue weighted by Crippen LogP contribution is 2.41. The molecule has 0 bridgehead atoms. The second-order valence-corrected chi connectivity index (χ2v) is 6.89. The fourth-order valence-corrected chi connectivity index (χ4v) is 3.45. The molecule has 5 heteroatoms. The van der Waals surface area contributed by atoms with Gasteiger partial charge >= 0.3 is 0 Å². The van der Waals surface area contributed by atoms with Crippen molar-refractivity contribution in [2.45, 2.75) is 32.2 Å². The molecule has 2 aromatic rings. The molecule has 1 saturated carbocycles. The minimum Gasteiger partial charge on any atom is -0.351 e. The van der Waals surface area contributed by atoms with Gasteiger partial charge in [0.25, 0.3) is 11.8 Å². The summed E-state index contributed by atoms with van der Waals surface area (Å²) in [6, 6.07) is 7.57. The summed E-state index contributed by atoms with van der Waals surface area (Å²) in [4.78, 5) is 26.4. The number of carbonyl (C=O) groups is 2. The number of nitrogens with zero attached hydrogens (tertiary/aromatic N) is 2. The summed E-state index contributed by atoms with van der Waals surface area (Å²) in [5.74, 6) is 0.491. The third-order valence-corrected chi connectivity index (χ3v) is 5.17. The maximum atomic E-state index is 12.7. The Bertz CT molecular complexity index is 862. The molecular weight excluding hydrogens is 302 g/mol. The Balaban J connectivity index is 1.59. The summed E-state index contributed by atoms with van der Waals surface area (Å²) in [7, 11) is 3.80. The number of hydrogen-bond donors (Lipinski definition) is 1. The average Bonchev–Trinajstić information content (AvgIpc) is 3.30. The second kappa shape index (κ2) is 5.23. The summed E-state index contributed by atoms with van der Waals surface area (Å²) in [5.41, 5.74) is 5.28. The van der Waals surface area contributed by atoms with Gasteiger partial charge in [-0.3, -0.25) is 9.59 Å². The van der Waals surface area contributed by atoms with Crippen LogP contribution in [0, 0.1) is 6.92 Å². The third-order valence-electron chi connectivity index (χ3n) is 5.17. The lowest BCUT2D eigenvalue weighted by atomic mass is 10.1. The van der Waals surface area contributed by atoms with Crippen LogP contribution in [0.4, 0.5) is 5.69 Å². The molecule has 0 radical (unpaired) electrons. The minimum absolute atomic E-state index is 0.00742. The van der Waals surface area contributed by atoms with Gasteiger partial charge in [-0.2, -0.15) is 0 Å². The highest BCUT2D eigenvalue weighted by molar-refractivity contribution is 6.06. The maximum Gasteiger partial charge on any atom is 0.257 e. The van der Waals surface area contributed by atoms with Gasteiger partial charge < -0.3 is 14.8 Å². The van der Waals surface area contributed by atoms with Crippen LogP contribution in [0.25, 0.3) is 0 Å². The van der Waals surface area contributed by atoms with Crippen LogP contribution in [0.2, 0.25) is 0 Å². The molecule has 2 amide bonds. The van der Waals surface area contributed by atoms with Gasteiger partial charge in [0.15, 0.2) is 0 Å². The van der Waals surface area contributed by atoms with Crippen LogP contribution in [0.1, 0.15) is 56.4 Å². The van der Waals surface area contributed by atoms with E-state index in [0.717, 1.165) is 11.3 Å². The lowest BCUT2D eigenvalue weighted by Crippen LogP contribution is -2.17. The number of nitrogens with one attached hydrogen (secondary N) is 1. The number of aromatic nitrogens is 1. The van der Waals surface area contributed by atoms with E-state index in [2.05, 4.69) is 9.88 Å². The van der Waals surface area contributed by atoms with Gasteiger partial charge in [0.1, 0.15) is 0 Å². The van der Waals surface area contributed by atoms with Gasteiger partial charge in [-0.25, -0.2) is 0 Å². The zero-order valence-electron chi connectivity index (χ0n) is 14.2. The Morgan fingerprint density at radius 2 is 1.96 bits per heavy atom. The van der Waals surface area contributed by atoms with Crippen LogP contribution in [-0.4, -0.2) is 28.3 Å². The van der Waals surface area contributed by atoms with Gasteiger partial charge in [0, 0.05) is 43.3 Å². The van der Waals surface area contributed by atoms with Crippen molar-refractivity contribution in [2.24, 2.45) is 7.05 Å². The number of amides is 2. The van der Waals surface area contributed by atoms with Crippen LogP contribution >= 0.6 is 0 Å². The highest BCUT2D eigenvalue weighted by atomic mass is 16.2. The molecule has 0 unspecified atom stereocenters. The number of carbonyl (C=O) groups excluding carboxylic acids is 2. The number of fused-ring (bicyclic) bond motifs is 1. The first-order valence-corrected chi connectivity index (χ1v) is 8.31. The molecule has 0 saturated heterocycles. The fourth-order valence-electron chi connectivity index (χ4n) is 3.45. The molecule has 1 aliphatic carbocycles. The van der Waals surface area contributed by atoms with E-state index < -0.39 is 0 Å². The van der Waals surface area contributed by atoms with Crippen LogP contribution < -0.4 is 5.32 Å². The van der Waals surface area contributed by atoms with E-state index in [1.807, 2.05) is 32.2 Å². The number of hydrogen-bond acceptors (Lipinski definition) is 2. The van der Waals surface area contributed by atoms with Crippen LogP contribution in [0.15, 0.2) is 24.3 Å². The Morgan fingerprint density at radius 1 is 1.21 bits per heavy atom. The molecule has 1 fully saturated rings. The van der Waals surface area contributed by atoms with Gasteiger partial charge in [0.2, 0.25) is 0 Å². The van der Waals surface area contributed by atoms with E-state index in [-0.39, 0.29) is 11.8 Å². The molecule has 24 heavy (non-hydrogen) atoms. The molecule has 2 aliphatic rings.